The molecule has 10 nitrogen and oxygen atoms in total. The summed E-state index contributed by atoms with van der Waals surface area (Å²) < 4.78 is 23.3. The van der Waals surface area contributed by atoms with Crippen molar-refractivity contribution >= 4 is 5.69 Å². The van der Waals surface area contributed by atoms with Crippen LogP contribution in [0.1, 0.15) is 61.4 Å². The van der Waals surface area contributed by atoms with Crippen LogP contribution < -0.4 is 19.7 Å². The number of piperidine rings is 1. The zero-order chi connectivity index (χ0) is 27.7. The van der Waals surface area contributed by atoms with E-state index in [2.05, 4.69) is 68.1 Å². The molecule has 5 rings (SSSR count). The number of rotatable bonds is 13. The molecule has 0 saturated carbocycles. The minimum absolute atomic E-state index is 0.0417. The van der Waals surface area contributed by atoms with E-state index in [9.17, 15) is 0 Å². The highest BCUT2D eigenvalue weighted by Gasteiger charge is 2.34. The number of methoxy groups -OCH3 is 2. The van der Waals surface area contributed by atoms with Crippen molar-refractivity contribution in [2.75, 3.05) is 52.0 Å². The van der Waals surface area contributed by atoms with Crippen molar-refractivity contribution < 1.29 is 18.9 Å². The molecule has 2 aliphatic rings. The Balaban J connectivity index is 1.28. The lowest BCUT2D eigenvalue weighted by atomic mass is 9.81. The second-order valence-electron chi connectivity index (χ2n) is 10.7. The number of ether oxygens (including phenoxy) is 4. The largest absolute Gasteiger partial charge is 0.497 e. The maximum Gasteiger partial charge on any atom is 0.177 e. The first-order chi connectivity index (χ1) is 19.7. The lowest BCUT2D eigenvalue weighted by molar-refractivity contribution is 0.00166. The predicted molar refractivity (Wildman–Crippen MR) is 153 cm³/mol. The van der Waals surface area contributed by atoms with E-state index in [1.807, 2.05) is 12.1 Å². The van der Waals surface area contributed by atoms with Gasteiger partial charge in [-0.3, -0.25) is 0 Å². The van der Waals surface area contributed by atoms with Crippen LogP contribution >= 0.6 is 0 Å². The molecule has 10 heteroatoms. The van der Waals surface area contributed by atoms with Crippen LogP contribution in [0.2, 0.25) is 0 Å². The first kappa shape index (κ1) is 28.3. The SMILES string of the molecule is CC[C@H](C[C@H]1C[C@H](c2ccc(OC)cc2)[C@@H](OCc2ccc3c(c2)N(CCCOC)CCO3)CN1)c1nn[nH]n1. The fourth-order valence-electron chi connectivity index (χ4n) is 5.91. The molecule has 40 heavy (non-hydrogen) atoms. The molecule has 1 fully saturated rings. The number of hydrogen-bond donors (Lipinski definition) is 2. The number of aromatic amines is 1. The Bertz CT molecular complexity index is 1180. The molecule has 2 aromatic carbocycles. The molecule has 0 amide bonds. The quantitative estimate of drug-likeness (QED) is 0.305. The lowest BCUT2D eigenvalue weighted by Crippen LogP contribution is -2.47. The zero-order valence-corrected chi connectivity index (χ0v) is 23.8. The summed E-state index contributed by atoms with van der Waals surface area (Å²) in [5.74, 6) is 3.11. The first-order valence-corrected chi connectivity index (χ1v) is 14.4. The van der Waals surface area contributed by atoms with Crippen LogP contribution in [0.5, 0.6) is 11.5 Å². The summed E-state index contributed by atoms with van der Waals surface area (Å²) in [7, 11) is 3.45. The molecule has 0 radical (unpaired) electrons. The molecule has 3 heterocycles. The highest BCUT2D eigenvalue weighted by atomic mass is 16.5. The van der Waals surface area contributed by atoms with E-state index < -0.39 is 0 Å². The standard InChI is InChI=1S/C30H42N6O4/c1-4-22(30-32-34-35-33-30)17-24-18-26(23-7-9-25(38-3)10-8-23)29(19-31-24)40-20-21-6-11-28-27(16-21)36(13-15-39-28)12-5-14-37-2/h6-11,16,22,24,26,29,31H,4-5,12-15,17-20H2,1-3H3,(H,32,33,34,35)/t22-,24+,26-,29+/m1/s1. The van der Waals surface area contributed by atoms with Crippen LogP contribution in [0.25, 0.3) is 0 Å². The smallest absolute Gasteiger partial charge is 0.177 e. The van der Waals surface area contributed by atoms with Crippen molar-refractivity contribution in [1.29, 1.82) is 0 Å². The van der Waals surface area contributed by atoms with Gasteiger partial charge in [0.05, 0.1) is 32.1 Å². The van der Waals surface area contributed by atoms with E-state index in [1.165, 1.54) is 5.56 Å². The van der Waals surface area contributed by atoms with Crippen LogP contribution in [0.15, 0.2) is 42.5 Å². The number of anilines is 1. The molecule has 0 aliphatic carbocycles. The number of nitrogens with one attached hydrogen (secondary N) is 2. The van der Waals surface area contributed by atoms with Crippen LogP contribution in [0.3, 0.4) is 0 Å². The Morgan fingerprint density at radius 3 is 2.77 bits per heavy atom. The van der Waals surface area contributed by atoms with E-state index in [-0.39, 0.29) is 17.9 Å². The van der Waals surface area contributed by atoms with E-state index in [0.29, 0.717) is 19.3 Å². The van der Waals surface area contributed by atoms with Crippen molar-refractivity contribution in [3.8, 4) is 11.5 Å². The Kier molecular flexibility index (Phi) is 9.85. The minimum Gasteiger partial charge on any atom is -0.497 e. The highest BCUT2D eigenvalue weighted by molar-refractivity contribution is 5.61. The third kappa shape index (κ3) is 6.92. The molecule has 0 bridgehead atoms. The summed E-state index contributed by atoms with van der Waals surface area (Å²) in [5, 5.41) is 18.6. The summed E-state index contributed by atoms with van der Waals surface area (Å²) in [4.78, 5) is 2.39. The van der Waals surface area contributed by atoms with E-state index in [4.69, 9.17) is 18.9 Å². The average molecular weight is 551 g/mol. The molecule has 2 N–H and O–H groups in total. The monoisotopic (exact) mass is 550 g/mol. The Morgan fingerprint density at radius 1 is 1.15 bits per heavy atom. The number of hydrogen-bond acceptors (Lipinski definition) is 9. The third-order valence-electron chi connectivity index (χ3n) is 8.15. The van der Waals surface area contributed by atoms with Gasteiger partial charge in [-0.15, -0.1) is 10.2 Å². The molecule has 0 unspecified atom stereocenters. The predicted octanol–water partition coefficient (Wildman–Crippen LogP) is 4.06. The van der Waals surface area contributed by atoms with Crippen molar-refractivity contribution in [2.24, 2.45) is 0 Å². The topological polar surface area (TPSA) is 107 Å². The van der Waals surface area contributed by atoms with Gasteiger partial charge in [0.2, 0.25) is 0 Å². The van der Waals surface area contributed by atoms with Gasteiger partial charge in [-0.1, -0.05) is 30.3 Å². The van der Waals surface area contributed by atoms with Crippen LogP contribution in [-0.4, -0.2) is 79.8 Å². The van der Waals surface area contributed by atoms with Gasteiger partial charge >= 0.3 is 0 Å². The summed E-state index contributed by atoms with van der Waals surface area (Å²) in [6, 6.07) is 15.2. The van der Waals surface area contributed by atoms with Gasteiger partial charge in [0.25, 0.3) is 0 Å². The molecular formula is C30H42N6O4. The molecule has 3 aromatic rings. The highest BCUT2D eigenvalue weighted by Crippen LogP contribution is 2.36. The van der Waals surface area contributed by atoms with E-state index >= 15 is 0 Å². The minimum atomic E-state index is 0.0417. The van der Waals surface area contributed by atoms with Crippen LogP contribution in [-0.2, 0) is 16.1 Å². The van der Waals surface area contributed by atoms with Gasteiger partial charge in [-0.25, -0.2) is 0 Å². The second-order valence-corrected chi connectivity index (χ2v) is 10.7. The summed E-state index contributed by atoms with van der Waals surface area (Å²) >= 11 is 0. The van der Waals surface area contributed by atoms with E-state index in [0.717, 1.165) is 80.5 Å². The number of fused-ring (bicyclic) bond motifs is 1. The number of nitrogens with zero attached hydrogens (tertiary/aromatic N) is 4. The van der Waals surface area contributed by atoms with E-state index in [1.54, 1.807) is 14.2 Å². The van der Waals surface area contributed by atoms with Gasteiger partial charge in [0.1, 0.15) is 18.1 Å². The van der Waals surface area contributed by atoms with Crippen LogP contribution in [0.4, 0.5) is 5.69 Å². The number of benzene rings is 2. The maximum absolute atomic E-state index is 6.66. The van der Waals surface area contributed by atoms with Gasteiger partial charge in [-0.2, -0.15) is 5.21 Å². The summed E-state index contributed by atoms with van der Waals surface area (Å²) in [6.07, 6.45) is 3.92. The molecule has 4 atom stereocenters. The molecule has 1 aromatic heterocycles. The molecular weight excluding hydrogens is 508 g/mol. The fourth-order valence-corrected chi connectivity index (χ4v) is 5.91. The molecule has 2 aliphatic heterocycles. The van der Waals surface area contributed by atoms with Gasteiger partial charge in [0, 0.05) is 44.7 Å². The lowest BCUT2D eigenvalue weighted by Gasteiger charge is -2.38. The van der Waals surface area contributed by atoms with Crippen molar-refractivity contribution in [3.63, 3.8) is 0 Å². The third-order valence-corrected chi connectivity index (χ3v) is 8.15. The summed E-state index contributed by atoms with van der Waals surface area (Å²) in [6.45, 7) is 6.80. The maximum atomic E-state index is 6.66. The van der Waals surface area contributed by atoms with Crippen molar-refractivity contribution in [2.45, 2.75) is 63.2 Å². The number of H-pyrrole nitrogens is 1. The molecule has 0 spiro atoms. The second kappa shape index (κ2) is 13.9. The first-order valence-electron chi connectivity index (χ1n) is 14.4. The van der Waals surface area contributed by atoms with Gasteiger partial charge in [0.15, 0.2) is 5.82 Å². The fraction of sp³-hybridized carbons (Fsp3) is 0.567. The normalized spacial score (nSPS) is 21.5. The van der Waals surface area contributed by atoms with Gasteiger partial charge < -0.3 is 29.2 Å². The average Bonchev–Trinajstić information content (AvgIpc) is 3.54. The van der Waals surface area contributed by atoms with Gasteiger partial charge in [-0.05, 0) is 61.1 Å². The summed E-state index contributed by atoms with van der Waals surface area (Å²) in [5.41, 5.74) is 3.57. The van der Waals surface area contributed by atoms with Crippen LogP contribution in [0, 0.1) is 0 Å². The Hall–Kier alpha value is -3.21. The Morgan fingerprint density at radius 2 is 2.02 bits per heavy atom. The Labute approximate surface area is 236 Å². The molecule has 216 valence electrons. The van der Waals surface area contributed by atoms with Crippen molar-refractivity contribution in [1.82, 2.24) is 25.9 Å². The number of aromatic nitrogens is 4. The molecule has 1 saturated heterocycles. The van der Waals surface area contributed by atoms with Crippen molar-refractivity contribution in [3.05, 3.63) is 59.4 Å². The number of tetrazole rings is 1. The zero-order valence-electron chi connectivity index (χ0n) is 23.8.